The first-order chi connectivity index (χ1) is 11.6. The number of nitriles is 1. The second kappa shape index (κ2) is 7.09. The van der Waals surface area contributed by atoms with Crippen LogP contribution in [0.4, 0.5) is 10.5 Å². The molecule has 1 fully saturated rings. The molecule has 7 heteroatoms. The zero-order valence-electron chi connectivity index (χ0n) is 14.8. The van der Waals surface area contributed by atoms with Crippen molar-refractivity contribution in [1.82, 2.24) is 4.90 Å². The van der Waals surface area contributed by atoms with E-state index in [-0.39, 0.29) is 11.8 Å². The Bertz CT molecular complexity index is 695. The molecule has 1 aliphatic heterocycles. The van der Waals surface area contributed by atoms with Crippen molar-refractivity contribution in [3.05, 3.63) is 39.9 Å². The molecule has 0 unspecified atom stereocenters. The van der Waals surface area contributed by atoms with Gasteiger partial charge in [0.25, 0.3) is 5.69 Å². The Morgan fingerprint density at radius 2 is 2.04 bits per heavy atom. The molecule has 1 aliphatic rings. The quantitative estimate of drug-likeness (QED) is 0.615. The van der Waals surface area contributed by atoms with Crippen LogP contribution in [-0.4, -0.2) is 34.6 Å². The number of carbonyl (C=O) groups excluding carboxylic acids is 1. The fourth-order valence-corrected chi connectivity index (χ4v) is 2.94. The molecule has 7 nitrogen and oxygen atoms in total. The van der Waals surface area contributed by atoms with Gasteiger partial charge in [0.05, 0.1) is 16.4 Å². The number of nitro benzene ring substituents is 1. The molecule has 0 radical (unpaired) electrons. The van der Waals surface area contributed by atoms with Crippen LogP contribution in [0.25, 0.3) is 0 Å². The van der Waals surface area contributed by atoms with Crippen molar-refractivity contribution in [2.45, 2.75) is 45.6 Å². The summed E-state index contributed by atoms with van der Waals surface area (Å²) in [6.45, 7) is 6.33. The molecule has 1 aromatic rings. The molecular weight excluding hydrogens is 322 g/mol. The number of piperidine rings is 1. The molecule has 0 N–H and O–H groups in total. The second-order valence-electron chi connectivity index (χ2n) is 7.46. The van der Waals surface area contributed by atoms with E-state index in [9.17, 15) is 20.2 Å². The Balaban J connectivity index is 2.04. The average Bonchev–Trinajstić information content (AvgIpc) is 2.54. The number of ether oxygens (including phenoxy) is 1. The highest BCUT2D eigenvalue weighted by Crippen LogP contribution is 2.35. The highest BCUT2D eigenvalue weighted by atomic mass is 16.6. The summed E-state index contributed by atoms with van der Waals surface area (Å²) in [7, 11) is 0. The number of carbonyl (C=O) groups is 1. The number of hydrogen-bond donors (Lipinski definition) is 0. The number of nitrogens with zero attached hydrogens (tertiary/aromatic N) is 3. The Kier molecular flexibility index (Phi) is 5.31. The lowest BCUT2D eigenvalue weighted by molar-refractivity contribution is -0.384. The first-order valence-electron chi connectivity index (χ1n) is 8.27. The molecule has 25 heavy (non-hydrogen) atoms. The van der Waals surface area contributed by atoms with E-state index < -0.39 is 15.9 Å². The van der Waals surface area contributed by atoms with Crippen LogP contribution < -0.4 is 0 Å². The van der Waals surface area contributed by atoms with Gasteiger partial charge in [-0.15, -0.1) is 0 Å². The summed E-state index contributed by atoms with van der Waals surface area (Å²) in [4.78, 5) is 24.2. The van der Waals surface area contributed by atoms with Crippen LogP contribution >= 0.6 is 0 Å². The van der Waals surface area contributed by atoms with E-state index in [4.69, 9.17) is 4.74 Å². The first kappa shape index (κ1) is 18.7. The number of amides is 1. The number of likely N-dealkylation sites (tertiary alicyclic amines) is 1. The molecule has 1 amide bonds. The molecule has 0 spiro atoms. The van der Waals surface area contributed by atoms with Gasteiger partial charge in [-0.2, -0.15) is 5.26 Å². The van der Waals surface area contributed by atoms with Crippen LogP contribution in [0.3, 0.4) is 0 Å². The van der Waals surface area contributed by atoms with Gasteiger partial charge in [-0.1, -0.05) is 12.1 Å². The van der Waals surface area contributed by atoms with E-state index in [2.05, 4.69) is 6.07 Å². The van der Waals surface area contributed by atoms with E-state index in [1.807, 2.05) is 20.8 Å². The first-order valence-corrected chi connectivity index (χ1v) is 8.27. The van der Waals surface area contributed by atoms with Crippen LogP contribution in [0.1, 0.15) is 39.2 Å². The third-order valence-corrected chi connectivity index (χ3v) is 4.27. The maximum absolute atomic E-state index is 12.1. The van der Waals surface area contributed by atoms with Gasteiger partial charge in [0.1, 0.15) is 5.60 Å². The molecule has 2 rings (SSSR count). The summed E-state index contributed by atoms with van der Waals surface area (Å²) in [6.07, 6.45) is 1.11. The summed E-state index contributed by atoms with van der Waals surface area (Å²) < 4.78 is 5.37. The standard InChI is InChI=1S/C18H23N3O4/c1-17(2,3)25-16(22)20-9-7-18(13-19,8-10-20)12-14-5-4-6-15(11-14)21(23)24/h4-6,11H,7-10,12H2,1-3H3. The lowest BCUT2D eigenvalue weighted by Crippen LogP contribution is -2.45. The lowest BCUT2D eigenvalue weighted by Gasteiger charge is -2.37. The van der Waals surface area contributed by atoms with Gasteiger partial charge < -0.3 is 9.64 Å². The van der Waals surface area contributed by atoms with E-state index in [0.717, 1.165) is 5.56 Å². The number of hydrogen-bond acceptors (Lipinski definition) is 5. The minimum absolute atomic E-state index is 0.0248. The number of nitro groups is 1. The van der Waals surface area contributed by atoms with E-state index >= 15 is 0 Å². The fourth-order valence-electron chi connectivity index (χ4n) is 2.94. The van der Waals surface area contributed by atoms with Crippen molar-refractivity contribution >= 4 is 11.8 Å². The Hall–Kier alpha value is -2.62. The summed E-state index contributed by atoms with van der Waals surface area (Å²) in [5.41, 5.74) is -0.379. The van der Waals surface area contributed by atoms with Crippen molar-refractivity contribution in [3.8, 4) is 6.07 Å². The molecule has 1 aromatic carbocycles. The number of rotatable bonds is 3. The third-order valence-electron chi connectivity index (χ3n) is 4.27. The molecule has 0 bridgehead atoms. The van der Waals surface area contributed by atoms with Gasteiger partial charge in [0.2, 0.25) is 0 Å². The van der Waals surface area contributed by atoms with Crippen LogP contribution in [-0.2, 0) is 11.2 Å². The van der Waals surface area contributed by atoms with Crippen molar-refractivity contribution in [1.29, 1.82) is 5.26 Å². The molecule has 1 saturated heterocycles. The zero-order valence-corrected chi connectivity index (χ0v) is 14.8. The zero-order chi connectivity index (χ0) is 18.7. The Labute approximate surface area is 147 Å². The molecule has 134 valence electrons. The molecular formula is C18H23N3O4. The largest absolute Gasteiger partial charge is 0.444 e. The molecule has 0 saturated carbocycles. The van der Waals surface area contributed by atoms with Crippen molar-refractivity contribution in [2.24, 2.45) is 5.41 Å². The highest BCUT2D eigenvalue weighted by molar-refractivity contribution is 5.68. The Morgan fingerprint density at radius 1 is 1.40 bits per heavy atom. The average molecular weight is 345 g/mol. The number of benzene rings is 1. The van der Waals surface area contributed by atoms with Gasteiger partial charge >= 0.3 is 6.09 Å². The van der Waals surface area contributed by atoms with Gasteiger partial charge in [-0.25, -0.2) is 4.79 Å². The SMILES string of the molecule is CC(C)(C)OC(=O)N1CCC(C#N)(Cc2cccc([N+](=O)[O-])c2)CC1. The van der Waals surface area contributed by atoms with Crippen LogP contribution in [0, 0.1) is 26.9 Å². The van der Waals surface area contributed by atoms with Gasteiger partial charge in [0, 0.05) is 25.2 Å². The topological polar surface area (TPSA) is 96.5 Å². The van der Waals surface area contributed by atoms with E-state index in [0.29, 0.717) is 32.4 Å². The van der Waals surface area contributed by atoms with Gasteiger partial charge in [0.15, 0.2) is 0 Å². The molecule has 0 aliphatic carbocycles. The van der Waals surface area contributed by atoms with Crippen LogP contribution in [0.15, 0.2) is 24.3 Å². The van der Waals surface area contributed by atoms with E-state index in [1.165, 1.54) is 12.1 Å². The van der Waals surface area contributed by atoms with E-state index in [1.54, 1.807) is 17.0 Å². The van der Waals surface area contributed by atoms with Crippen LogP contribution in [0.5, 0.6) is 0 Å². The predicted octanol–water partition coefficient (Wildman–Crippen LogP) is 3.68. The molecule has 0 atom stereocenters. The molecule has 0 aromatic heterocycles. The van der Waals surface area contributed by atoms with Crippen LogP contribution in [0.2, 0.25) is 0 Å². The highest BCUT2D eigenvalue weighted by Gasteiger charge is 2.37. The minimum atomic E-state index is -0.617. The summed E-state index contributed by atoms with van der Waals surface area (Å²) in [6, 6.07) is 8.76. The minimum Gasteiger partial charge on any atom is -0.444 e. The van der Waals surface area contributed by atoms with Gasteiger partial charge in [-0.05, 0) is 45.6 Å². The summed E-state index contributed by atoms with van der Waals surface area (Å²) in [5, 5.41) is 20.6. The van der Waals surface area contributed by atoms with Crippen molar-refractivity contribution in [2.75, 3.05) is 13.1 Å². The fraction of sp³-hybridized carbons (Fsp3) is 0.556. The molecule has 1 heterocycles. The maximum Gasteiger partial charge on any atom is 0.410 e. The van der Waals surface area contributed by atoms with Crippen molar-refractivity contribution in [3.63, 3.8) is 0 Å². The number of non-ortho nitro benzene ring substituents is 1. The van der Waals surface area contributed by atoms with Gasteiger partial charge in [-0.3, -0.25) is 10.1 Å². The normalized spacial score (nSPS) is 16.8. The maximum atomic E-state index is 12.1. The third kappa shape index (κ3) is 4.92. The van der Waals surface area contributed by atoms with Crippen molar-refractivity contribution < 1.29 is 14.5 Å². The second-order valence-corrected chi connectivity index (χ2v) is 7.46. The monoisotopic (exact) mass is 345 g/mol. The Morgan fingerprint density at radius 3 is 2.56 bits per heavy atom. The summed E-state index contributed by atoms with van der Waals surface area (Å²) >= 11 is 0. The summed E-state index contributed by atoms with van der Waals surface area (Å²) in [5.74, 6) is 0. The predicted molar refractivity (Wildman–Crippen MR) is 91.9 cm³/mol. The lowest BCUT2D eigenvalue weighted by atomic mass is 9.75. The smallest absolute Gasteiger partial charge is 0.410 e.